The van der Waals surface area contributed by atoms with Crippen LogP contribution in [0.1, 0.15) is 42.0 Å². The molecule has 0 aliphatic heterocycles. The zero-order valence-corrected chi connectivity index (χ0v) is 14.4. The number of nitrogens with one attached hydrogen (secondary N) is 1. The van der Waals surface area contributed by atoms with E-state index in [4.69, 9.17) is 11.6 Å². The van der Waals surface area contributed by atoms with Gasteiger partial charge in [0.15, 0.2) is 0 Å². The highest BCUT2D eigenvalue weighted by atomic mass is 35.5. The molecule has 0 spiro atoms. The lowest BCUT2D eigenvalue weighted by Crippen LogP contribution is -2.33. The Bertz CT molecular complexity index is 688. The Labute approximate surface area is 135 Å². The van der Waals surface area contributed by atoms with Crippen molar-refractivity contribution in [3.05, 3.63) is 33.9 Å². The minimum absolute atomic E-state index is 0.0620. The molecule has 0 bridgehead atoms. The Morgan fingerprint density at radius 3 is 2.50 bits per heavy atom. The molecule has 1 amide bonds. The molecule has 0 aliphatic carbocycles. The zero-order valence-electron chi connectivity index (χ0n) is 13.6. The van der Waals surface area contributed by atoms with Crippen molar-refractivity contribution >= 4 is 17.5 Å². The van der Waals surface area contributed by atoms with E-state index in [1.54, 1.807) is 15.6 Å². The molecular weight excluding hydrogens is 302 g/mol. The fraction of sp³-hybridized carbons (Fsp3) is 0.533. The van der Waals surface area contributed by atoms with Gasteiger partial charge in [-0.25, -0.2) is 0 Å². The first-order valence-electron chi connectivity index (χ1n) is 7.33. The molecular formula is C15H22ClN5O. The van der Waals surface area contributed by atoms with Gasteiger partial charge in [0, 0.05) is 24.8 Å². The molecule has 7 heteroatoms. The van der Waals surface area contributed by atoms with E-state index in [9.17, 15) is 4.79 Å². The summed E-state index contributed by atoms with van der Waals surface area (Å²) in [5, 5.41) is 12.1. The van der Waals surface area contributed by atoms with Crippen molar-refractivity contribution in [3.8, 4) is 0 Å². The van der Waals surface area contributed by atoms with Crippen molar-refractivity contribution in [1.29, 1.82) is 0 Å². The highest BCUT2D eigenvalue weighted by molar-refractivity contribution is 6.31. The van der Waals surface area contributed by atoms with Gasteiger partial charge in [0.25, 0.3) is 0 Å². The minimum atomic E-state index is -0.358. The number of amides is 1. The Kier molecular flexibility index (Phi) is 4.90. The average molecular weight is 324 g/mol. The van der Waals surface area contributed by atoms with Crippen LogP contribution < -0.4 is 5.32 Å². The Balaban J connectivity index is 2.12. The van der Waals surface area contributed by atoms with Crippen molar-refractivity contribution in [3.63, 3.8) is 0 Å². The summed E-state index contributed by atoms with van der Waals surface area (Å²) in [7, 11) is 1.88. The first-order valence-corrected chi connectivity index (χ1v) is 7.71. The molecule has 1 N–H and O–H groups in total. The number of aryl methyl sites for hydroxylation is 2. The number of carbonyl (C=O) groups excluding carboxylic acids is 1. The predicted octanol–water partition coefficient (Wildman–Crippen LogP) is 2.46. The Morgan fingerprint density at radius 1 is 1.36 bits per heavy atom. The van der Waals surface area contributed by atoms with Crippen molar-refractivity contribution in [2.45, 2.75) is 46.7 Å². The minimum Gasteiger partial charge on any atom is -0.350 e. The first-order chi connectivity index (χ1) is 10.4. The maximum atomic E-state index is 12.5. The number of nitrogens with zero attached hydrogens (tertiary/aromatic N) is 4. The van der Waals surface area contributed by atoms with Gasteiger partial charge in [-0.15, -0.1) is 0 Å². The topological polar surface area (TPSA) is 64.7 Å². The molecule has 0 radical (unpaired) electrons. The quantitative estimate of drug-likeness (QED) is 0.919. The number of rotatable bonds is 5. The number of hydrogen-bond acceptors (Lipinski definition) is 3. The van der Waals surface area contributed by atoms with E-state index in [0.717, 1.165) is 22.6 Å². The molecule has 0 saturated carbocycles. The lowest BCUT2D eigenvalue weighted by Gasteiger charge is -2.17. The third kappa shape index (κ3) is 3.02. The highest BCUT2D eigenvalue weighted by Gasteiger charge is 2.23. The SMILES string of the molecule is CCC(C(=O)NCc1cnn(C)c1C)n1nc(C)c(Cl)c1C. The molecule has 2 rings (SSSR count). The van der Waals surface area contributed by atoms with Crippen LogP contribution in [-0.4, -0.2) is 25.5 Å². The largest absolute Gasteiger partial charge is 0.350 e. The van der Waals surface area contributed by atoms with E-state index in [0.29, 0.717) is 18.0 Å². The maximum Gasteiger partial charge on any atom is 0.245 e. The molecule has 0 aliphatic rings. The van der Waals surface area contributed by atoms with E-state index in [2.05, 4.69) is 15.5 Å². The normalized spacial score (nSPS) is 12.5. The number of carbonyl (C=O) groups is 1. The van der Waals surface area contributed by atoms with Crippen LogP contribution in [-0.2, 0) is 18.4 Å². The molecule has 22 heavy (non-hydrogen) atoms. The monoisotopic (exact) mass is 323 g/mol. The van der Waals surface area contributed by atoms with Crippen LogP contribution in [0.15, 0.2) is 6.20 Å². The van der Waals surface area contributed by atoms with Gasteiger partial charge in [-0.05, 0) is 27.2 Å². The van der Waals surface area contributed by atoms with E-state index in [1.165, 1.54) is 0 Å². The number of halogens is 1. The summed E-state index contributed by atoms with van der Waals surface area (Å²) in [6, 6.07) is -0.358. The second kappa shape index (κ2) is 6.52. The number of hydrogen-bond donors (Lipinski definition) is 1. The average Bonchev–Trinajstić information content (AvgIpc) is 2.94. The van der Waals surface area contributed by atoms with Crippen molar-refractivity contribution in [2.75, 3.05) is 0 Å². The van der Waals surface area contributed by atoms with Gasteiger partial charge >= 0.3 is 0 Å². The molecule has 2 heterocycles. The lowest BCUT2D eigenvalue weighted by atomic mass is 10.2. The molecule has 0 fully saturated rings. The Hall–Kier alpha value is -1.82. The van der Waals surface area contributed by atoms with E-state index < -0.39 is 0 Å². The maximum absolute atomic E-state index is 12.5. The summed E-state index contributed by atoms with van der Waals surface area (Å²) in [5.74, 6) is -0.0620. The van der Waals surface area contributed by atoms with E-state index in [-0.39, 0.29) is 11.9 Å². The molecule has 120 valence electrons. The zero-order chi connectivity index (χ0) is 16.4. The van der Waals surface area contributed by atoms with Gasteiger partial charge in [-0.2, -0.15) is 10.2 Å². The van der Waals surface area contributed by atoms with Crippen molar-refractivity contribution in [2.24, 2.45) is 7.05 Å². The standard InChI is InChI=1S/C15H22ClN5O/c1-6-13(21-11(4)14(16)9(2)19-21)15(22)17-7-12-8-18-20(5)10(12)3/h8,13H,6-7H2,1-5H3,(H,17,22). The molecule has 6 nitrogen and oxygen atoms in total. The van der Waals surface area contributed by atoms with Gasteiger partial charge in [0.2, 0.25) is 5.91 Å². The van der Waals surface area contributed by atoms with Crippen LogP contribution >= 0.6 is 11.6 Å². The van der Waals surface area contributed by atoms with Crippen LogP contribution in [0.5, 0.6) is 0 Å². The molecule has 1 unspecified atom stereocenters. The van der Waals surface area contributed by atoms with Gasteiger partial charge in [0.1, 0.15) is 6.04 Å². The van der Waals surface area contributed by atoms with Crippen molar-refractivity contribution < 1.29 is 4.79 Å². The molecule has 0 saturated heterocycles. The lowest BCUT2D eigenvalue weighted by molar-refractivity contribution is -0.124. The fourth-order valence-corrected chi connectivity index (χ4v) is 2.56. The van der Waals surface area contributed by atoms with Gasteiger partial charge in [0.05, 0.1) is 22.6 Å². The molecule has 2 aromatic rings. The molecule has 2 aromatic heterocycles. The van der Waals surface area contributed by atoms with Gasteiger partial charge in [-0.3, -0.25) is 14.2 Å². The Morgan fingerprint density at radius 2 is 2.05 bits per heavy atom. The summed E-state index contributed by atoms with van der Waals surface area (Å²) in [5.41, 5.74) is 3.62. The van der Waals surface area contributed by atoms with E-state index >= 15 is 0 Å². The number of aromatic nitrogens is 4. The first kappa shape index (κ1) is 16.5. The smallest absolute Gasteiger partial charge is 0.245 e. The fourth-order valence-electron chi connectivity index (χ4n) is 2.43. The van der Waals surface area contributed by atoms with E-state index in [1.807, 2.05) is 34.7 Å². The van der Waals surface area contributed by atoms with Crippen LogP contribution in [0.2, 0.25) is 5.02 Å². The van der Waals surface area contributed by atoms with Gasteiger partial charge in [-0.1, -0.05) is 18.5 Å². The van der Waals surface area contributed by atoms with Crippen molar-refractivity contribution in [1.82, 2.24) is 24.9 Å². The summed E-state index contributed by atoms with van der Waals surface area (Å²) >= 11 is 6.17. The summed E-state index contributed by atoms with van der Waals surface area (Å²) in [4.78, 5) is 12.5. The summed E-state index contributed by atoms with van der Waals surface area (Å²) in [6.45, 7) is 8.12. The van der Waals surface area contributed by atoms with Crippen LogP contribution in [0, 0.1) is 20.8 Å². The molecule has 1 atom stereocenters. The third-order valence-electron chi connectivity index (χ3n) is 4.01. The molecule has 0 aromatic carbocycles. The van der Waals surface area contributed by atoms with Crippen LogP contribution in [0.25, 0.3) is 0 Å². The van der Waals surface area contributed by atoms with Crippen LogP contribution in [0.4, 0.5) is 0 Å². The second-order valence-electron chi connectivity index (χ2n) is 5.45. The van der Waals surface area contributed by atoms with Gasteiger partial charge < -0.3 is 5.32 Å². The third-order valence-corrected chi connectivity index (χ3v) is 4.56. The second-order valence-corrected chi connectivity index (χ2v) is 5.83. The predicted molar refractivity (Wildman–Crippen MR) is 85.8 cm³/mol. The summed E-state index contributed by atoms with van der Waals surface area (Å²) in [6.07, 6.45) is 2.42. The highest BCUT2D eigenvalue weighted by Crippen LogP contribution is 2.23. The van der Waals surface area contributed by atoms with Crippen LogP contribution in [0.3, 0.4) is 0 Å². The summed E-state index contributed by atoms with van der Waals surface area (Å²) < 4.78 is 3.50.